The monoisotopic (exact) mass is 912 g/mol. The maximum Gasteiger partial charge on any atom is 0.145 e. The fourth-order valence-electron chi connectivity index (χ4n) is 8.46. The summed E-state index contributed by atoms with van der Waals surface area (Å²) in [5.74, 6) is 0.780. The van der Waals surface area contributed by atoms with Crippen LogP contribution in [0.15, 0.2) is 200 Å². The summed E-state index contributed by atoms with van der Waals surface area (Å²) in [6.45, 7) is 1.83. The molecule has 0 bridgehead atoms. The fraction of sp³-hybridized carbons (Fsp3) is 0.207. The Hall–Kier alpha value is -6.49. The molecule has 1 fully saturated rings. The van der Waals surface area contributed by atoms with Gasteiger partial charge in [-0.15, -0.1) is 0 Å². The van der Waals surface area contributed by atoms with Gasteiger partial charge < -0.3 is 38.3 Å². The molecule has 0 saturated carbocycles. The summed E-state index contributed by atoms with van der Waals surface area (Å²) < 4.78 is 48.4. The second kappa shape index (κ2) is 22.8. The first-order chi connectivity index (χ1) is 33.1. The van der Waals surface area contributed by atoms with Crippen molar-refractivity contribution < 1.29 is 38.3 Å². The zero-order chi connectivity index (χ0) is 45.6. The van der Waals surface area contributed by atoms with Crippen LogP contribution in [-0.2, 0) is 63.3 Å². The van der Waals surface area contributed by atoms with E-state index in [2.05, 4.69) is 0 Å². The highest BCUT2D eigenvalue weighted by atomic mass is 35.5. The Morgan fingerprint density at radius 2 is 0.791 bits per heavy atom. The average molecular weight is 914 g/mol. The number of rotatable bonds is 20. The zero-order valence-corrected chi connectivity index (χ0v) is 37.8. The molecule has 67 heavy (non-hydrogen) atoms. The van der Waals surface area contributed by atoms with Gasteiger partial charge in [-0.25, -0.2) is 0 Å². The second-order valence-electron chi connectivity index (χ2n) is 16.5. The van der Waals surface area contributed by atoms with Crippen molar-refractivity contribution in [3.8, 4) is 17.2 Å². The minimum atomic E-state index is -0.865. The van der Waals surface area contributed by atoms with Gasteiger partial charge in [0.1, 0.15) is 61.0 Å². The molecule has 1 saturated heterocycles. The molecule has 9 rings (SSSR count). The van der Waals surface area contributed by atoms with Gasteiger partial charge in [0.15, 0.2) is 0 Å². The molecule has 8 aromatic rings. The molecule has 0 radical (unpaired) electrons. The van der Waals surface area contributed by atoms with E-state index in [9.17, 15) is 5.11 Å². The van der Waals surface area contributed by atoms with E-state index in [1.54, 1.807) is 6.07 Å². The molecule has 1 N–H and O–H groups in total. The topological polar surface area (TPSA) is 84.8 Å². The molecular weight excluding hydrogens is 860 g/mol. The molecule has 8 aromatic carbocycles. The van der Waals surface area contributed by atoms with Crippen LogP contribution in [0, 0.1) is 0 Å². The summed E-state index contributed by atoms with van der Waals surface area (Å²) in [4.78, 5) is 0. The van der Waals surface area contributed by atoms with Crippen LogP contribution in [0.4, 0.5) is 0 Å². The minimum absolute atomic E-state index is 0.110. The third kappa shape index (κ3) is 11.7. The van der Waals surface area contributed by atoms with Gasteiger partial charge in [-0.1, -0.05) is 194 Å². The van der Waals surface area contributed by atoms with Gasteiger partial charge in [0.2, 0.25) is 0 Å². The first-order valence-electron chi connectivity index (χ1n) is 22.6. The predicted molar refractivity (Wildman–Crippen MR) is 261 cm³/mol. The Balaban J connectivity index is 1.19. The summed E-state index contributed by atoms with van der Waals surface area (Å²) in [7, 11) is 0. The summed E-state index contributed by atoms with van der Waals surface area (Å²) in [6.07, 6.45) is -3.73. The van der Waals surface area contributed by atoms with Crippen molar-refractivity contribution in [1.29, 1.82) is 0 Å². The van der Waals surface area contributed by atoms with Crippen LogP contribution in [0.1, 0.15) is 45.0 Å². The summed E-state index contributed by atoms with van der Waals surface area (Å²) in [6, 6.07) is 65.4. The van der Waals surface area contributed by atoms with Crippen LogP contribution in [-0.4, -0.2) is 36.1 Å². The van der Waals surface area contributed by atoms with E-state index in [1.165, 1.54) is 0 Å². The number of benzene rings is 8. The molecule has 0 spiro atoms. The highest BCUT2D eigenvalue weighted by molar-refractivity contribution is 6.33. The Labute approximate surface area is 397 Å². The van der Waals surface area contributed by atoms with Crippen molar-refractivity contribution in [2.45, 2.75) is 70.2 Å². The average Bonchev–Trinajstić information content (AvgIpc) is 3.38. The van der Waals surface area contributed by atoms with Gasteiger partial charge in [0.25, 0.3) is 0 Å². The maximum absolute atomic E-state index is 12.0. The molecule has 0 aliphatic carbocycles. The van der Waals surface area contributed by atoms with Crippen LogP contribution in [0.3, 0.4) is 0 Å². The van der Waals surface area contributed by atoms with Gasteiger partial charge in [-0.3, -0.25) is 0 Å². The van der Waals surface area contributed by atoms with E-state index in [-0.39, 0.29) is 43.8 Å². The number of phenolic OH excluding ortho intramolecular Hbond substituents is 1. The molecule has 8 nitrogen and oxygen atoms in total. The second-order valence-corrected chi connectivity index (χ2v) is 16.9. The van der Waals surface area contributed by atoms with Crippen LogP contribution in [0.25, 0.3) is 10.8 Å². The molecule has 1 aliphatic heterocycles. The lowest BCUT2D eigenvalue weighted by atomic mass is 9.87. The Morgan fingerprint density at radius 1 is 0.418 bits per heavy atom. The molecule has 0 aromatic heterocycles. The maximum atomic E-state index is 12.0. The van der Waals surface area contributed by atoms with E-state index >= 15 is 0 Å². The highest BCUT2D eigenvalue weighted by Crippen LogP contribution is 2.50. The first kappa shape index (κ1) is 45.7. The molecule has 9 heteroatoms. The van der Waals surface area contributed by atoms with Gasteiger partial charge >= 0.3 is 0 Å². The van der Waals surface area contributed by atoms with Gasteiger partial charge in [0.05, 0.1) is 43.4 Å². The number of halogens is 1. The van der Waals surface area contributed by atoms with Gasteiger partial charge in [-0.2, -0.15) is 0 Å². The van der Waals surface area contributed by atoms with E-state index in [1.807, 2.05) is 194 Å². The van der Waals surface area contributed by atoms with E-state index in [0.29, 0.717) is 41.0 Å². The van der Waals surface area contributed by atoms with Crippen LogP contribution >= 0.6 is 11.6 Å². The van der Waals surface area contributed by atoms with Gasteiger partial charge in [0, 0.05) is 5.39 Å². The molecule has 1 aliphatic rings. The van der Waals surface area contributed by atoms with Crippen molar-refractivity contribution in [2.24, 2.45) is 0 Å². The number of hydrogen-bond acceptors (Lipinski definition) is 8. The summed E-state index contributed by atoms with van der Waals surface area (Å²) in [5, 5.41) is 13.1. The van der Waals surface area contributed by atoms with E-state index in [0.717, 1.165) is 33.4 Å². The Bertz CT molecular complexity index is 2750. The molecular formula is C58H53ClO8. The fourth-order valence-corrected chi connectivity index (χ4v) is 8.67. The van der Waals surface area contributed by atoms with Crippen molar-refractivity contribution in [3.05, 3.63) is 244 Å². The van der Waals surface area contributed by atoms with E-state index < -0.39 is 30.5 Å². The number of phenols is 1. The van der Waals surface area contributed by atoms with Crippen molar-refractivity contribution in [3.63, 3.8) is 0 Å². The standard InChI is InChI=1S/C58H53ClO8/c59-48-33-47(52-49(62-35-42-21-9-2-10-22-42)31-32-50(53(52)54(48)60)63-36-43-23-11-3-12-24-43)55-57(65-38-45-27-15-5-16-28-45)58(66-39-46-29-17-6-18-30-46)56(64-37-44-25-13-4-14-26-44)51(67-55)40-61-34-41-19-7-1-8-20-41/h1-33,51,55-58,60H,34-40H2/t51-,55+,56-,57+,58+/m1/s1. The zero-order valence-electron chi connectivity index (χ0n) is 37.1. The molecule has 5 atom stereocenters. The SMILES string of the molecule is Oc1c(Cl)cc([C@@H]2O[C@H](COCc3ccccc3)[C@@H](OCc3ccccc3)[C@H](OCc3ccccc3)[C@H]2OCc2ccccc2)c2c(OCc3ccccc3)ccc(OCc3ccccc3)c12. The summed E-state index contributed by atoms with van der Waals surface area (Å²) in [5.41, 5.74) is 6.53. The van der Waals surface area contributed by atoms with Crippen LogP contribution in [0.5, 0.6) is 17.2 Å². The van der Waals surface area contributed by atoms with Crippen molar-refractivity contribution in [1.82, 2.24) is 0 Å². The van der Waals surface area contributed by atoms with E-state index in [4.69, 9.17) is 44.8 Å². The van der Waals surface area contributed by atoms with Crippen molar-refractivity contribution in [2.75, 3.05) is 6.61 Å². The Morgan fingerprint density at radius 3 is 1.24 bits per heavy atom. The minimum Gasteiger partial charge on any atom is -0.506 e. The third-order valence-electron chi connectivity index (χ3n) is 11.8. The smallest absolute Gasteiger partial charge is 0.145 e. The lowest BCUT2D eigenvalue weighted by molar-refractivity contribution is -0.274. The lowest BCUT2D eigenvalue weighted by Crippen LogP contribution is -2.58. The largest absolute Gasteiger partial charge is 0.506 e. The lowest BCUT2D eigenvalue weighted by Gasteiger charge is -2.46. The Kier molecular flexibility index (Phi) is 15.5. The molecule has 340 valence electrons. The highest BCUT2D eigenvalue weighted by Gasteiger charge is 2.50. The number of fused-ring (bicyclic) bond motifs is 1. The quantitative estimate of drug-likeness (QED) is 0.0809. The number of aromatic hydroxyl groups is 1. The summed E-state index contributed by atoms with van der Waals surface area (Å²) >= 11 is 7.14. The van der Waals surface area contributed by atoms with Gasteiger partial charge in [-0.05, 0) is 57.1 Å². The first-order valence-corrected chi connectivity index (χ1v) is 23.0. The normalized spacial score (nSPS) is 18.1. The predicted octanol–water partition coefficient (Wildman–Crippen LogP) is 12.8. The van der Waals surface area contributed by atoms with Crippen LogP contribution < -0.4 is 9.47 Å². The molecule has 0 amide bonds. The van der Waals surface area contributed by atoms with Crippen LogP contribution in [0.2, 0.25) is 5.02 Å². The molecule has 1 heterocycles. The number of hydrogen-bond donors (Lipinski definition) is 1. The molecule has 0 unspecified atom stereocenters. The third-order valence-corrected chi connectivity index (χ3v) is 12.1. The van der Waals surface area contributed by atoms with Crippen molar-refractivity contribution >= 4 is 22.4 Å². The number of ether oxygens (including phenoxy) is 7.